The zero-order valence-corrected chi connectivity index (χ0v) is 24.1. The molecule has 0 radical (unpaired) electrons. The monoisotopic (exact) mass is 544 g/mol. The quantitative estimate of drug-likeness (QED) is 0.311. The lowest BCUT2D eigenvalue weighted by atomic mass is 10.1. The summed E-state index contributed by atoms with van der Waals surface area (Å²) < 4.78 is 16.9. The van der Waals surface area contributed by atoms with E-state index in [2.05, 4.69) is 93.4 Å². The summed E-state index contributed by atoms with van der Waals surface area (Å²) in [6.07, 6.45) is 0. The Morgan fingerprint density at radius 3 is 2.20 bits per heavy atom. The van der Waals surface area contributed by atoms with E-state index in [-0.39, 0.29) is 0 Å². The van der Waals surface area contributed by atoms with Gasteiger partial charge in [0.2, 0.25) is 0 Å². The van der Waals surface area contributed by atoms with Gasteiger partial charge in [0.15, 0.2) is 0 Å². The molecule has 7 heteroatoms. The van der Waals surface area contributed by atoms with Crippen LogP contribution in [-0.4, -0.2) is 89.6 Å². The fourth-order valence-corrected chi connectivity index (χ4v) is 5.38. The molecule has 0 unspecified atom stereocenters. The number of likely N-dealkylation sites (N-methyl/N-ethyl adjacent to an activating group) is 1. The molecule has 5 rings (SSSR count). The van der Waals surface area contributed by atoms with Crippen molar-refractivity contribution in [3.63, 3.8) is 0 Å². The number of piperazine rings is 1. The number of hydrogen-bond donors (Lipinski definition) is 0. The van der Waals surface area contributed by atoms with Crippen LogP contribution in [0.1, 0.15) is 16.7 Å². The van der Waals surface area contributed by atoms with Crippen LogP contribution in [0.15, 0.2) is 72.8 Å². The van der Waals surface area contributed by atoms with Gasteiger partial charge in [-0.1, -0.05) is 36.4 Å². The summed E-state index contributed by atoms with van der Waals surface area (Å²) in [4.78, 5) is 9.75. The van der Waals surface area contributed by atoms with Gasteiger partial charge in [0.05, 0.1) is 33.5 Å². The van der Waals surface area contributed by atoms with Crippen molar-refractivity contribution in [2.24, 2.45) is 0 Å². The van der Waals surface area contributed by atoms with Crippen LogP contribution < -0.4 is 14.5 Å². The second kappa shape index (κ2) is 14.5. The Bertz CT molecular complexity index is 1170. The van der Waals surface area contributed by atoms with Crippen LogP contribution in [-0.2, 0) is 29.2 Å². The molecular formula is C33H44N4O3. The molecule has 0 saturated carbocycles. The van der Waals surface area contributed by atoms with E-state index in [1.165, 1.54) is 28.1 Å². The van der Waals surface area contributed by atoms with Gasteiger partial charge < -0.3 is 28.9 Å². The fraction of sp³-hybridized carbons (Fsp3) is 0.455. The Kier molecular flexibility index (Phi) is 10.3. The number of anilines is 2. The van der Waals surface area contributed by atoms with Crippen molar-refractivity contribution in [1.82, 2.24) is 9.80 Å². The Labute approximate surface area is 239 Å². The summed E-state index contributed by atoms with van der Waals surface area (Å²) in [5, 5.41) is 0. The maximum Gasteiger partial charge on any atom is 0.119 e. The lowest BCUT2D eigenvalue weighted by Gasteiger charge is -2.34. The molecule has 3 aromatic carbocycles. The zero-order valence-electron chi connectivity index (χ0n) is 24.1. The van der Waals surface area contributed by atoms with Gasteiger partial charge in [-0.05, 0) is 60.1 Å². The van der Waals surface area contributed by atoms with Gasteiger partial charge in [0.1, 0.15) is 5.75 Å². The first-order valence-electron chi connectivity index (χ1n) is 14.5. The lowest BCUT2D eigenvalue weighted by molar-refractivity contribution is 0.0180. The topological polar surface area (TPSA) is 40.7 Å². The summed E-state index contributed by atoms with van der Waals surface area (Å²) in [6.45, 7) is 12.0. The van der Waals surface area contributed by atoms with Crippen molar-refractivity contribution < 1.29 is 14.2 Å². The van der Waals surface area contributed by atoms with Gasteiger partial charge in [-0.25, -0.2) is 0 Å². The average Bonchev–Trinajstić information content (AvgIpc) is 3.00. The highest BCUT2D eigenvalue weighted by Crippen LogP contribution is 2.25. The van der Waals surface area contributed by atoms with E-state index >= 15 is 0 Å². The van der Waals surface area contributed by atoms with Gasteiger partial charge in [-0.15, -0.1) is 0 Å². The van der Waals surface area contributed by atoms with Crippen LogP contribution in [0.3, 0.4) is 0 Å². The number of morpholine rings is 1. The normalized spacial score (nSPS) is 16.7. The van der Waals surface area contributed by atoms with E-state index in [9.17, 15) is 0 Å². The van der Waals surface area contributed by atoms with Crippen molar-refractivity contribution in [3.8, 4) is 5.75 Å². The molecule has 2 aliphatic heterocycles. The Morgan fingerprint density at radius 2 is 1.48 bits per heavy atom. The number of methoxy groups -OCH3 is 1. The Hall–Kier alpha value is -3.10. The first-order chi connectivity index (χ1) is 19.7. The molecule has 40 heavy (non-hydrogen) atoms. The summed E-state index contributed by atoms with van der Waals surface area (Å²) in [7, 11) is 3.93. The van der Waals surface area contributed by atoms with Crippen molar-refractivity contribution in [1.29, 1.82) is 0 Å². The van der Waals surface area contributed by atoms with Gasteiger partial charge in [-0.2, -0.15) is 0 Å². The molecule has 2 heterocycles. The molecule has 0 amide bonds. The Balaban J connectivity index is 1.25. The minimum absolute atomic E-state index is 0.633. The van der Waals surface area contributed by atoms with E-state index < -0.39 is 0 Å². The maximum atomic E-state index is 6.00. The van der Waals surface area contributed by atoms with Crippen molar-refractivity contribution in [2.45, 2.75) is 19.7 Å². The van der Waals surface area contributed by atoms with Gasteiger partial charge >= 0.3 is 0 Å². The van der Waals surface area contributed by atoms with Gasteiger partial charge in [0.25, 0.3) is 0 Å². The third-order valence-electron chi connectivity index (χ3n) is 7.89. The van der Waals surface area contributed by atoms with E-state index in [0.29, 0.717) is 6.61 Å². The number of ether oxygens (including phenoxy) is 3. The second-order valence-corrected chi connectivity index (χ2v) is 10.8. The molecule has 2 fully saturated rings. The molecular weight excluding hydrogens is 500 g/mol. The first kappa shape index (κ1) is 28.4. The smallest absolute Gasteiger partial charge is 0.119 e. The average molecular weight is 545 g/mol. The second-order valence-electron chi connectivity index (χ2n) is 10.8. The molecule has 0 atom stereocenters. The molecule has 3 aromatic rings. The number of benzene rings is 3. The highest BCUT2D eigenvalue weighted by atomic mass is 16.5. The van der Waals surface area contributed by atoms with Gasteiger partial charge in [0, 0.05) is 70.3 Å². The van der Waals surface area contributed by atoms with Crippen LogP contribution in [0, 0.1) is 0 Å². The minimum Gasteiger partial charge on any atom is -0.497 e. The molecule has 0 aliphatic carbocycles. The number of rotatable bonds is 12. The summed E-state index contributed by atoms with van der Waals surface area (Å²) in [5.41, 5.74) is 6.26. The third kappa shape index (κ3) is 8.21. The molecule has 2 saturated heterocycles. The standard InChI is InChI=1S/C33H44N4O3/c1-34-13-15-36(16-14-34)32-7-3-5-29(23-32)25-37(26-30-6-4-8-33(24-30)38-2)31-11-9-28(10-12-31)27-40-22-19-35-17-20-39-21-18-35/h3-12,23-24H,13-22,25-27H2,1-2H3. The third-order valence-corrected chi connectivity index (χ3v) is 7.89. The number of nitrogens with zero attached hydrogens (tertiary/aromatic N) is 4. The van der Waals surface area contributed by atoms with Gasteiger partial charge in [-0.3, -0.25) is 4.90 Å². The highest BCUT2D eigenvalue weighted by Gasteiger charge is 2.16. The predicted octanol–water partition coefficient (Wildman–Crippen LogP) is 4.50. The summed E-state index contributed by atoms with van der Waals surface area (Å²) in [6, 6.07) is 26.3. The van der Waals surface area contributed by atoms with E-state index in [4.69, 9.17) is 14.2 Å². The SMILES string of the molecule is COc1cccc(CN(Cc2cccc(N3CCN(C)CC3)c2)c2ccc(COCCN3CCOCC3)cc2)c1. The molecule has 214 valence electrons. The fourth-order valence-electron chi connectivity index (χ4n) is 5.38. The summed E-state index contributed by atoms with van der Waals surface area (Å²) in [5.74, 6) is 0.888. The minimum atomic E-state index is 0.633. The Morgan fingerprint density at radius 1 is 0.775 bits per heavy atom. The molecule has 0 N–H and O–H groups in total. The largest absolute Gasteiger partial charge is 0.497 e. The molecule has 7 nitrogen and oxygen atoms in total. The van der Waals surface area contributed by atoms with Crippen LogP contribution >= 0.6 is 0 Å². The molecule has 0 spiro atoms. The summed E-state index contributed by atoms with van der Waals surface area (Å²) >= 11 is 0. The molecule has 0 aromatic heterocycles. The maximum absolute atomic E-state index is 6.00. The van der Waals surface area contributed by atoms with Crippen LogP contribution in [0.5, 0.6) is 5.75 Å². The van der Waals surface area contributed by atoms with Crippen LogP contribution in [0.2, 0.25) is 0 Å². The highest BCUT2D eigenvalue weighted by molar-refractivity contribution is 5.52. The molecule has 0 bridgehead atoms. The van der Waals surface area contributed by atoms with Crippen molar-refractivity contribution in [2.75, 3.05) is 89.6 Å². The lowest BCUT2D eigenvalue weighted by Crippen LogP contribution is -2.44. The first-order valence-corrected chi connectivity index (χ1v) is 14.5. The number of hydrogen-bond acceptors (Lipinski definition) is 7. The molecule has 2 aliphatic rings. The van der Waals surface area contributed by atoms with E-state index in [0.717, 1.165) is 84.5 Å². The van der Waals surface area contributed by atoms with Crippen LogP contribution in [0.4, 0.5) is 11.4 Å². The van der Waals surface area contributed by atoms with Crippen molar-refractivity contribution >= 4 is 11.4 Å². The predicted molar refractivity (Wildman–Crippen MR) is 162 cm³/mol. The van der Waals surface area contributed by atoms with Crippen molar-refractivity contribution in [3.05, 3.63) is 89.5 Å². The van der Waals surface area contributed by atoms with E-state index in [1.54, 1.807) is 7.11 Å². The van der Waals surface area contributed by atoms with E-state index in [1.807, 2.05) is 6.07 Å². The zero-order chi connectivity index (χ0) is 27.6. The van der Waals surface area contributed by atoms with Crippen LogP contribution in [0.25, 0.3) is 0 Å².